The van der Waals surface area contributed by atoms with Crippen molar-refractivity contribution in [2.75, 3.05) is 17.2 Å². The lowest BCUT2D eigenvalue weighted by molar-refractivity contribution is -0.134. The molecule has 5 amide bonds. The number of nitrogens with zero attached hydrogens (tertiary/aromatic N) is 2. The second-order valence-corrected chi connectivity index (χ2v) is 8.26. The van der Waals surface area contributed by atoms with E-state index in [0.29, 0.717) is 28.4 Å². The van der Waals surface area contributed by atoms with E-state index in [2.05, 4.69) is 20.9 Å². The first-order chi connectivity index (χ1) is 15.9. The molecule has 0 aliphatic carbocycles. The van der Waals surface area contributed by atoms with Crippen LogP contribution in [0.3, 0.4) is 0 Å². The lowest BCUT2D eigenvalue weighted by Gasteiger charge is -2.25. The van der Waals surface area contributed by atoms with Gasteiger partial charge >= 0.3 is 6.03 Å². The molecule has 1 fully saturated rings. The number of amides is 5. The van der Waals surface area contributed by atoms with Crippen LogP contribution in [0.15, 0.2) is 66.2 Å². The van der Waals surface area contributed by atoms with Crippen LogP contribution in [0, 0.1) is 0 Å². The Bertz CT molecular complexity index is 1180. The van der Waals surface area contributed by atoms with E-state index in [4.69, 9.17) is 0 Å². The number of carbonyl (C=O) groups is 4. The molecule has 0 bridgehead atoms. The molecule has 1 atom stereocenters. The molecule has 2 aromatic carbocycles. The maximum Gasteiger partial charge on any atom is 0.325 e. The van der Waals surface area contributed by atoms with E-state index in [1.165, 1.54) is 11.3 Å². The Hall–Kier alpha value is -4.05. The number of rotatable bonds is 7. The van der Waals surface area contributed by atoms with Gasteiger partial charge in [0.05, 0.1) is 0 Å². The Kier molecular flexibility index (Phi) is 6.18. The van der Waals surface area contributed by atoms with Crippen molar-refractivity contribution in [1.29, 1.82) is 0 Å². The average molecular weight is 464 g/mol. The van der Waals surface area contributed by atoms with Gasteiger partial charge in [-0.1, -0.05) is 37.3 Å². The second-order valence-electron chi connectivity index (χ2n) is 7.36. The van der Waals surface area contributed by atoms with Gasteiger partial charge < -0.3 is 10.6 Å². The molecule has 1 aromatic heterocycles. The van der Waals surface area contributed by atoms with Crippen molar-refractivity contribution >= 4 is 45.9 Å². The molecule has 33 heavy (non-hydrogen) atoms. The molecule has 0 radical (unpaired) electrons. The van der Waals surface area contributed by atoms with E-state index in [0.717, 1.165) is 4.90 Å². The monoisotopic (exact) mass is 463 g/mol. The summed E-state index contributed by atoms with van der Waals surface area (Å²) in [6.07, 6.45) is 1.94. The molecule has 3 N–H and O–H groups in total. The number of aromatic nitrogens is 1. The first kappa shape index (κ1) is 22.2. The van der Waals surface area contributed by atoms with Gasteiger partial charge in [0.1, 0.15) is 12.1 Å². The SMILES string of the molecule is CCC1(c2ccccc2)NC(=O)N(CC(=O)Nc2ccc(C(=O)Nc3nccs3)cc2)C1=O. The highest BCUT2D eigenvalue weighted by Crippen LogP contribution is 2.32. The topological polar surface area (TPSA) is 120 Å². The van der Waals surface area contributed by atoms with Gasteiger partial charge in [0.2, 0.25) is 5.91 Å². The molecule has 3 aromatic rings. The fourth-order valence-corrected chi connectivity index (χ4v) is 4.16. The number of hydrogen-bond acceptors (Lipinski definition) is 6. The lowest BCUT2D eigenvalue weighted by atomic mass is 9.87. The smallest absolute Gasteiger partial charge is 0.325 e. The molecule has 2 heterocycles. The van der Waals surface area contributed by atoms with Crippen molar-refractivity contribution in [2.24, 2.45) is 0 Å². The van der Waals surface area contributed by atoms with Gasteiger partial charge in [-0.25, -0.2) is 9.78 Å². The maximum absolute atomic E-state index is 13.1. The van der Waals surface area contributed by atoms with E-state index in [1.807, 2.05) is 6.07 Å². The summed E-state index contributed by atoms with van der Waals surface area (Å²) in [7, 11) is 0. The Balaban J connectivity index is 1.40. The molecular weight excluding hydrogens is 442 g/mol. The first-order valence-electron chi connectivity index (χ1n) is 10.2. The highest BCUT2D eigenvalue weighted by atomic mass is 32.1. The third-order valence-corrected chi connectivity index (χ3v) is 6.05. The predicted octanol–water partition coefficient (Wildman–Crippen LogP) is 3.19. The summed E-state index contributed by atoms with van der Waals surface area (Å²) < 4.78 is 0. The van der Waals surface area contributed by atoms with E-state index in [-0.39, 0.29) is 5.91 Å². The maximum atomic E-state index is 13.1. The van der Waals surface area contributed by atoms with Crippen LogP contribution < -0.4 is 16.0 Å². The van der Waals surface area contributed by atoms with Gasteiger partial charge in [-0.15, -0.1) is 11.3 Å². The second kappa shape index (κ2) is 9.21. The molecule has 10 heteroatoms. The zero-order valence-corrected chi connectivity index (χ0v) is 18.5. The Morgan fingerprint density at radius 2 is 1.79 bits per heavy atom. The minimum Gasteiger partial charge on any atom is -0.325 e. The molecule has 168 valence electrons. The standard InChI is InChI=1S/C23H21N5O4S/c1-2-23(16-6-4-3-5-7-16)20(31)28(22(32)27-23)14-18(29)25-17-10-8-15(9-11-17)19(30)26-21-24-12-13-33-21/h3-13H,2,14H2,1H3,(H,25,29)(H,27,32)(H,24,26,30). The molecule has 4 rings (SSSR count). The fraction of sp³-hybridized carbons (Fsp3) is 0.174. The van der Waals surface area contributed by atoms with Gasteiger partial charge in [-0.05, 0) is 36.2 Å². The lowest BCUT2D eigenvalue weighted by Crippen LogP contribution is -2.44. The van der Waals surface area contributed by atoms with Crippen molar-refractivity contribution in [3.05, 3.63) is 77.3 Å². The summed E-state index contributed by atoms with van der Waals surface area (Å²) in [6, 6.07) is 14.6. The van der Waals surface area contributed by atoms with Crippen LogP contribution in [0.5, 0.6) is 0 Å². The Morgan fingerprint density at radius 1 is 1.06 bits per heavy atom. The summed E-state index contributed by atoms with van der Waals surface area (Å²) in [6.45, 7) is 1.38. The van der Waals surface area contributed by atoms with Crippen molar-refractivity contribution in [2.45, 2.75) is 18.9 Å². The molecule has 9 nitrogen and oxygen atoms in total. The molecule has 1 aliphatic heterocycles. The molecule has 1 unspecified atom stereocenters. The number of imide groups is 1. The normalized spacial score (nSPS) is 17.5. The van der Waals surface area contributed by atoms with Crippen molar-refractivity contribution in [3.63, 3.8) is 0 Å². The molecular formula is C23H21N5O4S. The zero-order chi connectivity index (χ0) is 23.4. The number of anilines is 2. The number of thiazole rings is 1. The van der Waals surface area contributed by atoms with Crippen LogP contribution in [0.1, 0.15) is 29.3 Å². The van der Waals surface area contributed by atoms with Crippen LogP contribution in [-0.2, 0) is 15.1 Å². The molecule has 1 aliphatic rings. The minimum absolute atomic E-state index is 0.320. The number of hydrogen-bond donors (Lipinski definition) is 3. The number of benzene rings is 2. The highest BCUT2D eigenvalue weighted by molar-refractivity contribution is 7.13. The van der Waals surface area contributed by atoms with E-state index < -0.39 is 29.9 Å². The number of carbonyl (C=O) groups excluding carboxylic acids is 4. The first-order valence-corrected chi connectivity index (χ1v) is 11.1. The summed E-state index contributed by atoms with van der Waals surface area (Å²) in [4.78, 5) is 55.4. The molecule has 0 saturated carbocycles. The summed E-state index contributed by atoms with van der Waals surface area (Å²) in [5.41, 5.74) is 0.307. The summed E-state index contributed by atoms with van der Waals surface area (Å²) in [5, 5.41) is 10.3. The van der Waals surface area contributed by atoms with Crippen LogP contribution in [0.2, 0.25) is 0 Å². The summed E-state index contributed by atoms with van der Waals surface area (Å²) >= 11 is 1.31. The molecule has 1 saturated heterocycles. The third-order valence-electron chi connectivity index (χ3n) is 5.36. The van der Waals surface area contributed by atoms with Gasteiger partial charge in [-0.2, -0.15) is 0 Å². The van der Waals surface area contributed by atoms with Crippen molar-refractivity contribution < 1.29 is 19.2 Å². The van der Waals surface area contributed by atoms with Crippen molar-refractivity contribution in [3.8, 4) is 0 Å². The largest absolute Gasteiger partial charge is 0.325 e. The average Bonchev–Trinajstić information content (AvgIpc) is 3.42. The summed E-state index contributed by atoms with van der Waals surface area (Å²) in [5.74, 6) is -1.32. The van der Waals surface area contributed by atoms with E-state index >= 15 is 0 Å². The highest BCUT2D eigenvalue weighted by Gasteiger charge is 2.51. The van der Waals surface area contributed by atoms with Gasteiger partial charge in [-0.3, -0.25) is 24.6 Å². The minimum atomic E-state index is -1.19. The quantitative estimate of drug-likeness (QED) is 0.465. The number of urea groups is 1. The van der Waals surface area contributed by atoms with E-state index in [1.54, 1.807) is 67.0 Å². The van der Waals surface area contributed by atoms with Crippen LogP contribution in [0.25, 0.3) is 0 Å². The Labute approximate surface area is 193 Å². The molecule has 0 spiro atoms. The van der Waals surface area contributed by atoms with Crippen LogP contribution in [-0.4, -0.2) is 40.2 Å². The van der Waals surface area contributed by atoms with Gasteiger partial charge in [0.15, 0.2) is 5.13 Å². The van der Waals surface area contributed by atoms with E-state index in [9.17, 15) is 19.2 Å². The van der Waals surface area contributed by atoms with Crippen LogP contribution in [0.4, 0.5) is 15.6 Å². The van der Waals surface area contributed by atoms with Gasteiger partial charge in [0, 0.05) is 22.8 Å². The number of nitrogens with one attached hydrogen (secondary N) is 3. The van der Waals surface area contributed by atoms with Gasteiger partial charge in [0.25, 0.3) is 11.8 Å². The Morgan fingerprint density at radius 3 is 2.42 bits per heavy atom. The zero-order valence-electron chi connectivity index (χ0n) is 17.7. The fourth-order valence-electron chi connectivity index (χ4n) is 3.64. The van der Waals surface area contributed by atoms with Crippen molar-refractivity contribution in [1.82, 2.24) is 15.2 Å². The van der Waals surface area contributed by atoms with Crippen LogP contribution >= 0.6 is 11.3 Å². The predicted molar refractivity (Wildman–Crippen MR) is 124 cm³/mol. The third kappa shape index (κ3) is 4.46.